The van der Waals surface area contributed by atoms with E-state index >= 15 is 0 Å². The van der Waals surface area contributed by atoms with Gasteiger partial charge in [-0.25, -0.2) is 18.0 Å². The van der Waals surface area contributed by atoms with Crippen molar-refractivity contribution in [3.8, 4) is 11.8 Å². The molecule has 0 aliphatic carbocycles. The molecule has 2 aromatic carbocycles. The van der Waals surface area contributed by atoms with Crippen molar-refractivity contribution >= 4 is 23.6 Å². The van der Waals surface area contributed by atoms with E-state index < -0.39 is 46.7 Å². The summed E-state index contributed by atoms with van der Waals surface area (Å²) in [6.07, 6.45) is -0.207. The number of hydrogen-bond acceptors (Lipinski definition) is 5. The number of benzene rings is 2. The predicted octanol–water partition coefficient (Wildman–Crippen LogP) is 3.59. The lowest BCUT2D eigenvalue weighted by atomic mass is 10.1. The monoisotopic (exact) mass is 404 g/mol. The van der Waals surface area contributed by atoms with Crippen molar-refractivity contribution < 1.29 is 32.2 Å². The van der Waals surface area contributed by atoms with E-state index in [-0.39, 0.29) is 0 Å². The molecule has 1 atom stereocenters. The first-order valence-corrected chi connectivity index (χ1v) is 8.18. The molecule has 0 aliphatic heterocycles. The van der Waals surface area contributed by atoms with Gasteiger partial charge in [0.2, 0.25) is 0 Å². The van der Waals surface area contributed by atoms with E-state index in [1.165, 1.54) is 20.1 Å². The number of methoxy groups -OCH3 is 1. The van der Waals surface area contributed by atoms with Gasteiger partial charge < -0.3 is 14.8 Å². The van der Waals surface area contributed by atoms with Crippen LogP contribution in [-0.4, -0.2) is 25.1 Å². The second kappa shape index (κ2) is 9.41. The first kappa shape index (κ1) is 21.5. The first-order valence-electron chi connectivity index (χ1n) is 8.18. The lowest BCUT2D eigenvalue weighted by Crippen LogP contribution is -2.30. The average molecular weight is 404 g/mol. The summed E-state index contributed by atoms with van der Waals surface area (Å²) in [5.74, 6) is -6.34. The van der Waals surface area contributed by atoms with Crippen LogP contribution in [0.1, 0.15) is 12.5 Å². The van der Waals surface area contributed by atoms with E-state index in [1.807, 2.05) is 5.32 Å². The fraction of sp³-hybridized carbons (Fsp3) is 0.150. The number of hydrogen-bond donors (Lipinski definition) is 1. The third-order valence-electron chi connectivity index (χ3n) is 3.69. The van der Waals surface area contributed by atoms with Gasteiger partial charge in [0.25, 0.3) is 5.91 Å². The molecule has 0 spiro atoms. The van der Waals surface area contributed by atoms with Crippen molar-refractivity contribution in [2.45, 2.75) is 13.0 Å². The molecule has 0 radical (unpaired) electrons. The molecule has 2 rings (SSSR count). The Hall–Kier alpha value is -3.80. The van der Waals surface area contributed by atoms with Gasteiger partial charge in [0, 0.05) is 0 Å². The molecule has 150 valence electrons. The zero-order chi connectivity index (χ0) is 21.6. The van der Waals surface area contributed by atoms with E-state index in [4.69, 9.17) is 9.47 Å². The Bertz CT molecular complexity index is 1020. The maximum absolute atomic E-state index is 13.6. The molecular formula is C20H15F3N2O4. The fourth-order valence-corrected chi connectivity index (χ4v) is 2.17. The number of anilines is 1. The van der Waals surface area contributed by atoms with Gasteiger partial charge in [-0.2, -0.15) is 5.26 Å². The minimum absolute atomic E-state index is 0.392. The van der Waals surface area contributed by atoms with Crippen LogP contribution in [0.3, 0.4) is 0 Å². The highest BCUT2D eigenvalue weighted by Crippen LogP contribution is 2.20. The second-order valence-electron chi connectivity index (χ2n) is 5.71. The number of rotatable bonds is 6. The molecule has 6 nitrogen and oxygen atoms in total. The van der Waals surface area contributed by atoms with Crippen molar-refractivity contribution in [2.24, 2.45) is 0 Å². The van der Waals surface area contributed by atoms with Crippen LogP contribution in [0, 0.1) is 28.8 Å². The van der Waals surface area contributed by atoms with Gasteiger partial charge in [-0.1, -0.05) is 12.1 Å². The number of amides is 1. The van der Waals surface area contributed by atoms with Gasteiger partial charge >= 0.3 is 5.97 Å². The Morgan fingerprint density at radius 2 is 1.90 bits per heavy atom. The van der Waals surface area contributed by atoms with Crippen LogP contribution in [0.25, 0.3) is 6.08 Å². The molecule has 0 aromatic heterocycles. The van der Waals surface area contributed by atoms with Gasteiger partial charge in [-0.15, -0.1) is 0 Å². The average Bonchev–Trinajstić information content (AvgIpc) is 2.72. The summed E-state index contributed by atoms with van der Waals surface area (Å²) in [5.41, 5.74) is -0.528. The molecule has 0 aliphatic rings. The highest BCUT2D eigenvalue weighted by Gasteiger charge is 2.23. The van der Waals surface area contributed by atoms with Gasteiger partial charge in [0.05, 0.1) is 12.8 Å². The van der Waals surface area contributed by atoms with E-state index in [0.717, 1.165) is 6.07 Å². The summed E-state index contributed by atoms with van der Waals surface area (Å²) in [6.45, 7) is 1.17. The first-order chi connectivity index (χ1) is 13.8. The smallest absolute Gasteiger partial charge is 0.349 e. The van der Waals surface area contributed by atoms with E-state index in [9.17, 15) is 28.0 Å². The number of carbonyl (C=O) groups excluding carboxylic acids is 2. The molecule has 0 fully saturated rings. The number of ether oxygens (including phenoxy) is 2. The minimum Gasteiger partial charge on any atom is -0.497 e. The van der Waals surface area contributed by atoms with Gasteiger partial charge in [0.1, 0.15) is 17.4 Å². The molecule has 29 heavy (non-hydrogen) atoms. The van der Waals surface area contributed by atoms with Crippen LogP contribution >= 0.6 is 0 Å². The number of nitrogens with zero attached hydrogens (tertiary/aromatic N) is 1. The van der Waals surface area contributed by atoms with Gasteiger partial charge in [-0.05, 0) is 42.8 Å². The number of nitrogens with one attached hydrogen (secondary N) is 1. The lowest BCUT2D eigenvalue weighted by molar-refractivity contribution is -0.148. The van der Waals surface area contributed by atoms with Crippen molar-refractivity contribution in [1.82, 2.24) is 0 Å². The third-order valence-corrected chi connectivity index (χ3v) is 3.69. The van der Waals surface area contributed by atoms with Gasteiger partial charge in [0.15, 0.2) is 23.6 Å². The number of carbonyl (C=O) groups is 2. The Labute approximate surface area is 164 Å². The molecular weight excluding hydrogens is 389 g/mol. The van der Waals surface area contributed by atoms with E-state index in [0.29, 0.717) is 17.4 Å². The normalized spacial score (nSPS) is 11.9. The minimum atomic E-state index is -1.75. The van der Waals surface area contributed by atoms with Crippen molar-refractivity contribution in [3.05, 3.63) is 65.0 Å². The Morgan fingerprint density at radius 1 is 1.17 bits per heavy atom. The molecule has 0 unspecified atom stereocenters. The number of nitriles is 1. The van der Waals surface area contributed by atoms with Crippen molar-refractivity contribution in [3.63, 3.8) is 0 Å². The lowest BCUT2D eigenvalue weighted by Gasteiger charge is -2.14. The molecule has 0 saturated heterocycles. The SMILES string of the molecule is COc1cccc(/C=C(\C#N)C(=O)O[C@H](C)C(=O)Nc2ccc(F)c(F)c2F)c1. The van der Waals surface area contributed by atoms with Crippen molar-refractivity contribution in [2.75, 3.05) is 12.4 Å². The zero-order valence-corrected chi connectivity index (χ0v) is 15.3. The van der Waals surface area contributed by atoms with E-state index in [1.54, 1.807) is 30.3 Å². The Balaban J connectivity index is 2.10. The second-order valence-corrected chi connectivity index (χ2v) is 5.71. The molecule has 1 N–H and O–H groups in total. The Morgan fingerprint density at radius 3 is 2.55 bits per heavy atom. The van der Waals surface area contributed by atoms with Crippen LogP contribution in [0.15, 0.2) is 42.0 Å². The van der Waals surface area contributed by atoms with Crippen LogP contribution in [-0.2, 0) is 14.3 Å². The highest BCUT2D eigenvalue weighted by atomic mass is 19.2. The summed E-state index contributed by atoms with van der Waals surface area (Å²) >= 11 is 0. The maximum atomic E-state index is 13.6. The van der Waals surface area contributed by atoms with Crippen LogP contribution in [0.5, 0.6) is 5.75 Å². The zero-order valence-electron chi connectivity index (χ0n) is 15.3. The quantitative estimate of drug-likeness (QED) is 0.344. The largest absolute Gasteiger partial charge is 0.497 e. The summed E-state index contributed by atoms with van der Waals surface area (Å²) < 4.78 is 49.7. The summed E-state index contributed by atoms with van der Waals surface area (Å²) in [4.78, 5) is 24.2. The molecule has 0 heterocycles. The molecule has 0 saturated carbocycles. The summed E-state index contributed by atoms with van der Waals surface area (Å²) in [5, 5.41) is 11.2. The summed E-state index contributed by atoms with van der Waals surface area (Å²) in [6, 6.07) is 9.64. The molecule has 0 bridgehead atoms. The standard InChI is InChI=1S/C20H15F3N2O4/c1-11(19(26)25-16-7-6-15(21)17(22)18(16)23)29-20(27)13(10-24)8-12-4-3-5-14(9-12)28-2/h3-9,11H,1-2H3,(H,25,26)/b13-8+/t11-/m1/s1. The van der Waals surface area contributed by atoms with Crippen LogP contribution < -0.4 is 10.1 Å². The Kier molecular flexibility index (Phi) is 6.98. The van der Waals surface area contributed by atoms with Crippen molar-refractivity contribution in [1.29, 1.82) is 5.26 Å². The molecule has 2 aromatic rings. The van der Waals surface area contributed by atoms with E-state index in [2.05, 4.69) is 0 Å². The third kappa shape index (κ3) is 5.35. The number of esters is 1. The van der Waals surface area contributed by atoms with Crippen LogP contribution in [0.2, 0.25) is 0 Å². The number of halogens is 3. The van der Waals surface area contributed by atoms with Gasteiger partial charge in [-0.3, -0.25) is 4.79 Å². The molecule has 9 heteroatoms. The maximum Gasteiger partial charge on any atom is 0.349 e. The predicted molar refractivity (Wildman–Crippen MR) is 97.1 cm³/mol. The van der Waals surface area contributed by atoms with Crippen LogP contribution in [0.4, 0.5) is 18.9 Å². The molecule has 1 amide bonds. The fourth-order valence-electron chi connectivity index (χ4n) is 2.17. The highest BCUT2D eigenvalue weighted by molar-refractivity contribution is 6.01. The summed E-state index contributed by atoms with van der Waals surface area (Å²) in [7, 11) is 1.46. The topological polar surface area (TPSA) is 88.4 Å².